The normalized spacial score (nSPS) is 11.6. The first-order valence-corrected chi connectivity index (χ1v) is 7.21. The summed E-state index contributed by atoms with van der Waals surface area (Å²) in [5.74, 6) is -1.16. The second kappa shape index (κ2) is 11.2. The minimum atomic E-state index is -1.00. The summed E-state index contributed by atoms with van der Waals surface area (Å²) < 4.78 is 21.8. The molecule has 0 saturated heterocycles. The summed E-state index contributed by atoms with van der Waals surface area (Å²) in [6.45, 7) is 9.54. The first-order valence-electron chi connectivity index (χ1n) is 7.21. The molecule has 0 aromatic heterocycles. The molecule has 0 aliphatic rings. The van der Waals surface area contributed by atoms with Crippen molar-refractivity contribution in [2.45, 2.75) is 59.4 Å². The van der Waals surface area contributed by atoms with Gasteiger partial charge in [0.2, 0.25) is 0 Å². The SMILES string of the molecule is CCCC(=O)OCCCC(OCC)(OCC)OCC. The van der Waals surface area contributed by atoms with Gasteiger partial charge in [0.15, 0.2) is 0 Å². The summed E-state index contributed by atoms with van der Waals surface area (Å²) in [7, 11) is 0. The molecule has 0 unspecified atom stereocenters. The van der Waals surface area contributed by atoms with Crippen molar-refractivity contribution in [1.82, 2.24) is 0 Å². The monoisotopic (exact) mass is 276 g/mol. The number of ether oxygens (including phenoxy) is 4. The maximum absolute atomic E-state index is 11.2. The zero-order chi connectivity index (χ0) is 14.6. The van der Waals surface area contributed by atoms with Gasteiger partial charge < -0.3 is 18.9 Å². The predicted molar refractivity (Wildman–Crippen MR) is 72.7 cm³/mol. The van der Waals surface area contributed by atoms with Gasteiger partial charge in [-0.2, -0.15) is 0 Å². The molecule has 0 radical (unpaired) electrons. The molecule has 0 rings (SSSR count). The van der Waals surface area contributed by atoms with Crippen LogP contribution in [0.1, 0.15) is 53.4 Å². The second-order valence-corrected chi connectivity index (χ2v) is 4.06. The Balaban J connectivity index is 4.13. The van der Waals surface area contributed by atoms with Gasteiger partial charge in [-0.05, 0) is 33.6 Å². The standard InChI is InChI=1S/C14H28O5/c1-5-10-13(15)16-12-9-11-14(17-6-2,18-7-3)19-8-4/h5-12H2,1-4H3. The molecule has 0 N–H and O–H groups in total. The molecule has 0 heterocycles. The lowest BCUT2D eigenvalue weighted by atomic mass is 10.2. The Labute approximate surface area is 116 Å². The van der Waals surface area contributed by atoms with Gasteiger partial charge >= 0.3 is 5.97 Å². The Morgan fingerprint density at radius 3 is 1.89 bits per heavy atom. The molecular formula is C14H28O5. The van der Waals surface area contributed by atoms with Crippen LogP contribution in [0.5, 0.6) is 0 Å². The van der Waals surface area contributed by atoms with Gasteiger partial charge in [0.05, 0.1) is 6.61 Å². The lowest BCUT2D eigenvalue weighted by molar-refractivity contribution is -0.380. The third-order valence-electron chi connectivity index (χ3n) is 2.44. The molecule has 5 nitrogen and oxygen atoms in total. The van der Waals surface area contributed by atoms with Crippen molar-refractivity contribution < 1.29 is 23.7 Å². The Morgan fingerprint density at radius 2 is 1.47 bits per heavy atom. The fraction of sp³-hybridized carbons (Fsp3) is 0.929. The fourth-order valence-corrected chi connectivity index (χ4v) is 1.75. The van der Waals surface area contributed by atoms with Crippen LogP contribution in [0.2, 0.25) is 0 Å². The van der Waals surface area contributed by atoms with Crippen molar-refractivity contribution in [3.63, 3.8) is 0 Å². The summed E-state index contributed by atoms with van der Waals surface area (Å²) in [4.78, 5) is 11.2. The Bertz CT molecular complexity index is 213. The molecule has 0 aliphatic heterocycles. The van der Waals surface area contributed by atoms with Gasteiger partial charge in [0.25, 0.3) is 5.97 Å². The largest absolute Gasteiger partial charge is 0.466 e. The molecule has 0 amide bonds. The van der Waals surface area contributed by atoms with E-state index in [1.807, 2.05) is 27.7 Å². The molecule has 0 fully saturated rings. The van der Waals surface area contributed by atoms with E-state index in [0.717, 1.165) is 6.42 Å². The maximum Gasteiger partial charge on any atom is 0.305 e. The molecule has 0 atom stereocenters. The van der Waals surface area contributed by atoms with Gasteiger partial charge in [-0.15, -0.1) is 0 Å². The summed E-state index contributed by atoms with van der Waals surface area (Å²) in [6.07, 6.45) is 2.46. The summed E-state index contributed by atoms with van der Waals surface area (Å²) in [5, 5.41) is 0. The minimum absolute atomic E-state index is 0.155. The van der Waals surface area contributed by atoms with Crippen LogP contribution in [0.4, 0.5) is 0 Å². The molecule has 19 heavy (non-hydrogen) atoms. The van der Waals surface area contributed by atoms with Crippen LogP contribution in [0.25, 0.3) is 0 Å². The van der Waals surface area contributed by atoms with E-state index in [2.05, 4.69) is 0 Å². The van der Waals surface area contributed by atoms with Crippen LogP contribution in [0, 0.1) is 0 Å². The van der Waals surface area contributed by atoms with E-state index in [0.29, 0.717) is 45.7 Å². The third kappa shape index (κ3) is 8.18. The van der Waals surface area contributed by atoms with Crippen LogP contribution in [-0.4, -0.2) is 38.4 Å². The zero-order valence-electron chi connectivity index (χ0n) is 12.7. The number of rotatable bonds is 12. The number of carbonyl (C=O) groups excluding carboxylic acids is 1. The molecule has 0 spiro atoms. The predicted octanol–water partition coefficient (Wildman–Crippen LogP) is 2.87. The van der Waals surface area contributed by atoms with Crippen LogP contribution in [0.3, 0.4) is 0 Å². The quantitative estimate of drug-likeness (QED) is 0.312. The molecular weight excluding hydrogens is 248 g/mol. The first kappa shape index (κ1) is 18.4. The molecule has 0 bridgehead atoms. The van der Waals surface area contributed by atoms with Crippen molar-refractivity contribution in [3.05, 3.63) is 0 Å². The van der Waals surface area contributed by atoms with Gasteiger partial charge in [-0.25, -0.2) is 0 Å². The summed E-state index contributed by atoms with van der Waals surface area (Å²) in [5.41, 5.74) is 0. The number of hydrogen-bond donors (Lipinski definition) is 0. The van der Waals surface area contributed by atoms with Crippen molar-refractivity contribution >= 4 is 5.97 Å². The highest BCUT2D eigenvalue weighted by Crippen LogP contribution is 2.22. The smallest absolute Gasteiger partial charge is 0.305 e. The lowest BCUT2D eigenvalue weighted by Crippen LogP contribution is -2.39. The number of carbonyl (C=O) groups is 1. The van der Waals surface area contributed by atoms with Gasteiger partial charge in [-0.1, -0.05) is 6.92 Å². The Morgan fingerprint density at radius 1 is 0.947 bits per heavy atom. The van der Waals surface area contributed by atoms with Crippen LogP contribution in [0.15, 0.2) is 0 Å². The molecule has 0 aromatic carbocycles. The van der Waals surface area contributed by atoms with Crippen molar-refractivity contribution in [2.75, 3.05) is 26.4 Å². The topological polar surface area (TPSA) is 54.0 Å². The third-order valence-corrected chi connectivity index (χ3v) is 2.44. The maximum atomic E-state index is 11.2. The van der Waals surface area contributed by atoms with Gasteiger partial charge in [-0.3, -0.25) is 4.79 Å². The van der Waals surface area contributed by atoms with E-state index in [1.54, 1.807) is 0 Å². The van der Waals surface area contributed by atoms with Gasteiger partial charge in [0.1, 0.15) is 0 Å². The van der Waals surface area contributed by atoms with E-state index >= 15 is 0 Å². The van der Waals surface area contributed by atoms with E-state index < -0.39 is 5.97 Å². The molecule has 0 aromatic rings. The van der Waals surface area contributed by atoms with Crippen LogP contribution in [-0.2, 0) is 23.7 Å². The lowest BCUT2D eigenvalue weighted by Gasteiger charge is -2.32. The average molecular weight is 276 g/mol. The van der Waals surface area contributed by atoms with Crippen molar-refractivity contribution in [3.8, 4) is 0 Å². The summed E-state index contributed by atoms with van der Waals surface area (Å²) >= 11 is 0. The molecule has 5 heteroatoms. The highest BCUT2D eigenvalue weighted by atomic mass is 16.9. The average Bonchev–Trinajstić information content (AvgIpc) is 2.36. The van der Waals surface area contributed by atoms with Crippen LogP contribution >= 0.6 is 0 Å². The first-order chi connectivity index (χ1) is 9.14. The molecule has 0 aliphatic carbocycles. The highest BCUT2D eigenvalue weighted by Gasteiger charge is 2.31. The zero-order valence-corrected chi connectivity index (χ0v) is 12.7. The van der Waals surface area contributed by atoms with Crippen molar-refractivity contribution in [1.29, 1.82) is 0 Å². The van der Waals surface area contributed by atoms with Gasteiger partial charge in [0, 0.05) is 32.7 Å². The fourth-order valence-electron chi connectivity index (χ4n) is 1.75. The molecule has 114 valence electrons. The number of hydrogen-bond acceptors (Lipinski definition) is 5. The minimum Gasteiger partial charge on any atom is -0.466 e. The summed E-state index contributed by atoms with van der Waals surface area (Å²) in [6, 6.07) is 0. The molecule has 0 saturated carbocycles. The van der Waals surface area contributed by atoms with Crippen LogP contribution < -0.4 is 0 Å². The Hall–Kier alpha value is -0.650. The van der Waals surface area contributed by atoms with E-state index in [1.165, 1.54) is 0 Å². The highest BCUT2D eigenvalue weighted by molar-refractivity contribution is 5.69. The van der Waals surface area contributed by atoms with E-state index in [4.69, 9.17) is 18.9 Å². The second-order valence-electron chi connectivity index (χ2n) is 4.06. The number of esters is 1. The Kier molecular flexibility index (Phi) is 10.8. The van der Waals surface area contributed by atoms with E-state index in [-0.39, 0.29) is 5.97 Å². The van der Waals surface area contributed by atoms with Crippen molar-refractivity contribution in [2.24, 2.45) is 0 Å². The van der Waals surface area contributed by atoms with E-state index in [9.17, 15) is 4.79 Å².